The van der Waals surface area contributed by atoms with E-state index in [1.807, 2.05) is 37.3 Å². The molecule has 0 saturated carbocycles. The SMILES string of the molecule is CC(=S)Nc1ccccc1.O=[P+](O)O.O=[P+](O)O. The minimum Gasteiger partial charge on any atom is -0.350 e. The van der Waals surface area contributed by atoms with Crippen molar-refractivity contribution in [3.63, 3.8) is 0 Å². The topological polar surface area (TPSA) is 127 Å². The molecule has 100 valence electrons. The van der Waals surface area contributed by atoms with Crippen molar-refractivity contribution in [1.82, 2.24) is 0 Å². The lowest BCUT2D eigenvalue weighted by atomic mass is 10.3. The Morgan fingerprint density at radius 1 is 1.06 bits per heavy atom. The number of thiocarbonyl (C=S) groups is 1. The molecule has 10 heteroatoms. The van der Waals surface area contributed by atoms with Crippen LogP contribution in [0.5, 0.6) is 0 Å². The molecule has 0 fully saturated rings. The molecule has 5 N–H and O–H groups in total. The van der Waals surface area contributed by atoms with Crippen LogP contribution in [0.4, 0.5) is 5.69 Å². The number of hydrogen-bond donors (Lipinski definition) is 5. The van der Waals surface area contributed by atoms with Crippen LogP contribution in [-0.4, -0.2) is 24.6 Å². The second-order valence-electron chi connectivity index (χ2n) is 2.55. The van der Waals surface area contributed by atoms with Crippen molar-refractivity contribution in [3.8, 4) is 0 Å². The van der Waals surface area contributed by atoms with Crippen molar-refractivity contribution in [2.45, 2.75) is 6.92 Å². The maximum atomic E-state index is 8.70. The molecule has 0 saturated heterocycles. The van der Waals surface area contributed by atoms with Crippen LogP contribution < -0.4 is 5.32 Å². The summed E-state index contributed by atoms with van der Waals surface area (Å²) in [6.45, 7) is 1.86. The molecule has 0 atom stereocenters. The Morgan fingerprint density at radius 2 is 1.39 bits per heavy atom. The Kier molecular flexibility index (Phi) is 13.6. The summed E-state index contributed by atoms with van der Waals surface area (Å²) in [5.41, 5.74) is 1.05. The third-order valence-corrected chi connectivity index (χ3v) is 1.20. The lowest BCUT2D eigenvalue weighted by molar-refractivity contribution is 0.403. The van der Waals surface area contributed by atoms with Crippen LogP contribution in [0.2, 0.25) is 0 Å². The van der Waals surface area contributed by atoms with Crippen LogP contribution in [-0.2, 0) is 9.13 Å². The molecule has 1 aromatic carbocycles. The number of anilines is 1. The molecular formula is C8H13NO6P2S+2. The minimum atomic E-state index is -2.87. The van der Waals surface area contributed by atoms with Crippen molar-refractivity contribution >= 4 is 39.4 Å². The summed E-state index contributed by atoms with van der Waals surface area (Å²) in [6.07, 6.45) is 0. The first-order valence-corrected chi connectivity index (χ1v) is 7.02. The van der Waals surface area contributed by atoms with E-state index in [9.17, 15) is 0 Å². The van der Waals surface area contributed by atoms with Crippen molar-refractivity contribution in [2.24, 2.45) is 0 Å². The van der Waals surface area contributed by atoms with Gasteiger partial charge in [0.2, 0.25) is 0 Å². The standard InChI is InChI=1S/C8H9NS.2HO3P/c1-7(10)9-8-5-3-2-4-6-8;2*1-4(2)3/h2-6H,1H3,(H,9,10);2*(H-,1,2,3)/p+2. The maximum Gasteiger partial charge on any atom is 0.692 e. The van der Waals surface area contributed by atoms with Crippen LogP contribution in [0.15, 0.2) is 30.3 Å². The molecule has 0 bridgehead atoms. The van der Waals surface area contributed by atoms with Gasteiger partial charge in [-0.2, -0.15) is 0 Å². The predicted octanol–water partition coefficient (Wildman–Crippen LogP) is 1.70. The van der Waals surface area contributed by atoms with Gasteiger partial charge in [-0.05, 0) is 19.1 Å². The fraction of sp³-hybridized carbons (Fsp3) is 0.125. The molecule has 7 nitrogen and oxygen atoms in total. The van der Waals surface area contributed by atoms with E-state index < -0.39 is 16.5 Å². The van der Waals surface area contributed by atoms with Gasteiger partial charge in [0, 0.05) is 14.8 Å². The first-order chi connectivity index (χ1) is 8.25. The lowest BCUT2D eigenvalue weighted by Gasteiger charge is -2.00. The highest BCUT2D eigenvalue weighted by molar-refractivity contribution is 7.80. The zero-order chi connectivity index (χ0) is 14.6. The zero-order valence-corrected chi connectivity index (χ0v) is 11.9. The number of nitrogens with one attached hydrogen (secondary N) is 1. The van der Waals surface area contributed by atoms with E-state index in [1.165, 1.54) is 0 Å². The highest BCUT2D eigenvalue weighted by atomic mass is 32.1. The Labute approximate surface area is 111 Å². The molecule has 0 spiro atoms. The van der Waals surface area contributed by atoms with E-state index >= 15 is 0 Å². The third-order valence-electron chi connectivity index (χ3n) is 1.09. The van der Waals surface area contributed by atoms with Gasteiger partial charge in [-0.25, -0.2) is 0 Å². The average Bonchev–Trinajstić information content (AvgIpc) is 2.16. The van der Waals surface area contributed by atoms with E-state index in [2.05, 4.69) is 5.32 Å². The van der Waals surface area contributed by atoms with Gasteiger partial charge in [0.1, 0.15) is 0 Å². The van der Waals surface area contributed by atoms with Gasteiger partial charge in [0.15, 0.2) is 0 Å². The predicted molar refractivity (Wildman–Crippen MR) is 72.4 cm³/mol. The Bertz CT molecular complexity index is 368. The second-order valence-corrected chi connectivity index (χ2v) is 4.18. The van der Waals surface area contributed by atoms with Gasteiger partial charge in [-0.15, -0.1) is 19.6 Å². The summed E-state index contributed by atoms with van der Waals surface area (Å²) in [5, 5.41) is 3.04. The Balaban J connectivity index is 0. The molecule has 0 aliphatic heterocycles. The van der Waals surface area contributed by atoms with Crippen molar-refractivity contribution in [3.05, 3.63) is 30.3 Å². The van der Waals surface area contributed by atoms with Gasteiger partial charge in [-0.3, -0.25) is 0 Å². The average molecular weight is 313 g/mol. The van der Waals surface area contributed by atoms with Gasteiger partial charge in [0.05, 0.1) is 4.99 Å². The normalized spacial score (nSPS) is 7.83. The molecule has 0 aliphatic rings. The molecule has 0 aliphatic carbocycles. The van der Waals surface area contributed by atoms with E-state index in [-0.39, 0.29) is 0 Å². The first kappa shape index (κ1) is 19.5. The summed E-state index contributed by atoms with van der Waals surface area (Å²) in [4.78, 5) is 29.3. The fourth-order valence-electron chi connectivity index (χ4n) is 0.725. The van der Waals surface area contributed by atoms with Gasteiger partial charge in [0.25, 0.3) is 0 Å². The molecule has 0 aromatic heterocycles. The monoisotopic (exact) mass is 313 g/mol. The van der Waals surface area contributed by atoms with Gasteiger partial charge < -0.3 is 5.32 Å². The molecule has 0 unspecified atom stereocenters. The van der Waals surface area contributed by atoms with Crippen LogP contribution >= 0.6 is 28.7 Å². The quantitative estimate of drug-likeness (QED) is 0.391. The van der Waals surface area contributed by atoms with Crippen LogP contribution in [0.1, 0.15) is 6.92 Å². The first-order valence-electron chi connectivity index (χ1n) is 4.28. The summed E-state index contributed by atoms with van der Waals surface area (Å²) < 4.78 is 17.4. The molecule has 0 radical (unpaired) electrons. The van der Waals surface area contributed by atoms with Crippen LogP contribution in [0.25, 0.3) is 0 Å². The summed E-state index contributed by atoms with van der Waals surface area (Å²) in [7, 11) is -5.74. The van der Waals surface area contributed by atoms with E-state index in [4.69, 9.17) is 40.9 Å². The van der Waals surface area contributed by atoms with Crippen LogP contribution in [0, 0.1) is 0 Å². The summed E-state index contributed by atoms with van der Waals surface area (Å²) in [6, 6.07) is 9.89. The zero-order valence-electron chi connectivity index (χ0n) is 9.29. The maximum absolute atomic E-state index is 8.70. The third kappa shape index (κ3) is 24.4. The number of benzene rings is 1. The van der Waals surface area contributed by atoms with Gasteiger partial charge >= 0.3 is 16.5 Å². The highest BCUT2D eigenvalue weighted by Crippen LogP contribution is 2.04. The lowest BCUT2D eigenvalue weighted by Crippen LogP contribution is -2.02. The molecule has 0 heterocycles. The van der Waals surface area contributed by atoms with Crippen molar-refractivity contribution < 1.29 is 28.7 Å². The Hall–Kier alpha value is -0.850. The van der Waals surface area contributed by atoms with E-state index in [1.54, 1.807) is 0 Å². The second kappa shape index (κ2) is 12.6. The highest BCUT2D eigenvalue weighted by Gasteiger charge is 1.93. The molecule has 1 rings (SSSR count). The summed E-state index contributed by atoms with van der Waals surface area (Å²) in [5.74, 6) is 0. The van der Waals surface area contributed by atoms with E-state index in [0.717, 1.165) is 10.7 Å². The number of rotatable bonds is 1. The van der Waals surface area contributed by atoms with Crippen LogP contribution in [0.3, 0.4) is 0 Å². The minimum absolute atomic E-state index is 0.797. The molecular weight excluding hydrogens is 300 g/mol. The van der Waals surface area contributed by atoms with Crippen molar-refractivity contribution in [1.29, 1.82) is 0 Å². The van der Waals surface area contributed by atoms with Gasteiger partial charge in [-0.1, -0.05) is 30.4 Å². The fourth-order valence-corrected chi connectivity index (χ4v) is 0.843. The summed E-state index contributed by atoms with van der Waals surface area (Å²) >= 11 is 4.87. The number of para-hydroxylation sites is 1. The molecule has 18 heavy (non-hydrogen) atoms. The number of hydrogen-bond acceptors (Lipinski definition) is 3. The molecule has 0 amide bonds. The Morgan fingerprint density at radius 3 is 1.67 bits per heavy atom. The largest absolute Gasteiger partial charge is 0.692 e. The van der Waals surface area contributed by atoms with Crippen molar-refractivity contribution in [2.75, 3.05) is 5.32 Å². The smallest absolute Gasteiger partial charge is 0.350 e. The van der Waals surface area contributed by atoms with E-state index in [0.29, 0.717) is 0 Å². The molecule has 1 aromatic rings.